The third-order valence-electron chi connectivity index (χ3n) is 4.14. The first-order valence-corrected chi connectivity index (χ1v) is 8.93. The highest BCUT2D eigenvalue weighted by Gasteiger charge is 2.17. The third-order valence-corrected chi connectivity index (χ3v) is 4.14. The summed E-state index contributed by atoms with van der Waals surface area (Å²) in [4.78, 5) is 22.8. The number of carbonyl (C=O) groups excluding carboxylic acids is 2. The van der Waals surface area contributed by atoms with Crippen LogP contribution in [0.25, 0.3) is 0 Å². The molecular weight excluding hydrogens is 278 g/mol. The van der Waals surface area contributed by atoms with Gasteiger partial charge in [0.15, 0.2) is 0 Å². The first kappa shape index (κ1) is 20.9. The van der Waals surface area contributed by atoms with E-state index in [-0.39, 0.29) is 17.8 Å². The monoisotopic (exact) mass is 313 g/mol. The standard InChI is InChI=1S/C18H35NO3/c1-4-6-7-8-9-10-11-18(21)22-14-16(13-17(19)20)12-15(3)5-2/h15-16H,4-14H2,1-3H3,(H2,19,20). The Kier molecular flexibility index (Phi) is 12.9. The first-order valence-electron chi connectivity index (χ1n) is 8.93. The van der Waals surface area contributed by atoms with Crippen LogP contribution in [-0.4, -0.2) is 18.5 Å². The van der Waals surface area contributed by atoms with Gasteiger partial charge in [-0.1, -0.05) is 59.3 Å². The van der Waals surface area contributed by atoms with Gasteiger partial charge in [0.25, 0.3) is 0 Å². The van der Waals surface area contributed by atoms with Crippen molar-refractivity contribution in [1.82, 2.24) is 0 Å². The Balaban J connectivity index is 3.87. The number of carbonyl (C=O) groups is 2. The van der Waals surface area contributed by atoms with Gasteiger partial charge in [0.1, 0.15) is 0 Å². The number of ether oxygens (including phenoxy) is 1. The maximum absolute atomic E-state index is 11.7. The van der Waals surface area contributed by atoms with E-state index in [2.05, 4.69) is 20.8 Å². The van der Waals surface area contributed by atoms with Crippen molar-refractivity contribution in [1.29, 1.82) is 0 Å². The lowest BCUT2D eigenvalue weighted by Crippen LogP contribution is -2.23. The smallest absolute Gasteiger partial charge is 0.305 e. The summed E-state index contributed by atoms with van der Waals surface area (Å²) in [5.41, 5.74) is 5.28. The van der Waals surface area contributed by atoms with Crippen LogP contribution in [0, 0.1) is 11.8 Å². The number of amides is 1. The van der Waals surface area contributed by atoms with Crippen molar-refractivity contribution >= 4 is 11.9 Å². The number of hydrogen-bond donors (Lipinski definition) is 1. The van der Waals surface area contributed by atoms with E-state index in [1.165, 1.54) is 25.7 Å². The fourth-order valence-corrected chi connectivity index (χ4v) is 2.56. The highest BCUT2D eigenvalue weighted by atomic mass is 16.5. The van der Waals surface area contributed by atoms with Gasteiger partial charge in [-0.3, -0.25) is 9.59 Å². The zero-order valence-electron chi connectivity index (χ0n) is 14.7. The molecule has 0 aliphatic rings. The molecule has 0 spiro atoms. The summed E-state index contributed by atoms with van der Waals surface area (Å²) in [6, 6.07) is 0. The topological polar surface area (TPSA) is 69.4 Å². The van der Waals surface area contributed by atoms with Gasteiger partial charge >= 0.3 is 5.97 Å². The van der Waals surface area contributed by atoms with Crippen LogP contribution in [-0.2, 0) is 14.3 Å². The van der Waals surface area contributed by atoms with Gasteiger partial charge in [-0.05, 0) is 18.8 Å². The van der Waals surface area contributed by atoms with Crippen molar-refractivity contribution in [3.8, 4) is 0 Å². The molecule has 0 saturated carbocycles. The van der Waals surface area contributed by atoms with Crippen LogP contribution >= 0.6 is 0 Å². The highest BCUT2D eigenvalue weighted by molar-refractivity contribution is 5.74. The Hall–Kier alpha value is -1.06. The molecule has 0 aromatic heterocycles. The maximum Gasteiger partial charge on any atom is 0.305 e. The van der Waals surface area contributed by atoms with Gasteiger partial charge in [0, 0.05) is 18.8 Å². The SMILES string of the molecule is CCCCCCCCC(=O)OCC(CC(N)=O)CC(C)CC. The van der Waals surface area contributed by atoms with E-state index >= 15 is 0 Å². The molecule has 0 aromatic rings. The summed E-state index contributed by atoms with van der Waals surface area (Å²) in [5.74, 6) is 0.108. The molecule has 4 nitrogen and oxygen atoms in total. The zero-order chi connectivity index (χ0) is 16.8. The molecule has 130 valence electrons. The van der Waals surface area contributed by atoms with Crippen LogP contribution in [0.5, 0.6) is 0 Å². The molecule has 4 heteroatoms. The molecule has 22 heavy (non-hydrogen) atoms. The van der Waals surface area contributed by atoms with Crippen LogP contribution in [0.15, 0.2) is 0 Å². The molecule has 0 aromatic carbocycles. The molecule has 0 rings (SSSR count). The Morgan fingerprint density at radius 3 is 2.27 bits per heavy atom. The quantitative estimate of drug-likeness (QED) is 0.386. The molecular formula is C18H35NO3. The third kappa shape index (κ3) is 12.7. The second kappa shape index (κ2) is 13.6. The molecule has 0 saturated heterocycles. The Morgan fingerprint density at radius 1 is 1.05 bits per heavy atom. The van der Waals surface area contributed by atoms with Gasteiger partial charge in [-0.2, -0.15) is 0 Å². The highest BCUT2D eigenvalue weighted by Crippen LogP contribution is 2.19. The van der Waals surface area contributed by atoms with Gasteiger partial charge in [-0.25, -0.2) is 0 Å². The first-order chi connectivity index (χ1) is 10.5. The molecule has 0 aliphatic carbocycles. The van der Waals surface area contributed by atoms with Gasteiger partial charge in [-0.15, -0.1) is 0 Å². The second-order valence-corrected chi connectivity index (χ2v) is 6.49. The number of unbranched alkanes of at least 4 members (excludes halogenated alkanes) is 5. The van der Waals surface area contributed by atoms with Crippen molar-refractivity contribution in [2.24, 2.45) is 17.6 Å². The average Bonchev–Trinajstić information content (AvgIpc) is 2.47. The molecule has 0 aliphatic heterocycles. The van der Waals surface area contributed by atoms with E-state index in [1.807, 2.05) is 0 Å². The molecule has 2 unspecified atom stereocenters. The number of nitrogens with two attached hydrogens (primary N) is 1. The van der Waals surface area contributed by atoms with Crippen molar-refractivity contribution in [2.45, 2.75) is 85.0 Å². The lowest BCUT2D eigenvalue weighted by atomic mass is 9.92. The van der Waals surface area contributed by atoms with E-state index in [0.717, 1.165) is 25.7 Å². The largest absolute Gasteiger partial charge is 0.465 e. The molecule has 1 amide bonds. The lowest BCUT2D eigenvalue weighted by molar-refractivity contribution is -0.146. The lowest BCUT2D eigenvalue weighted by Gasteiger charge is -2.19. The van der Waals surface area contributed by atoms with Crippen molar-refractivity contribution < 1.29 is 14.3 Å². The maximum atomic E-state index is 11.7. The Morgan fingerprint density at radius 2 is 1.68 bits per heavy atom. The Labute approximate surface area is 136 Å². The van der Waals surface area contributed by atoms with Crippen LogP contribution < -0.4 is 5.73 Å². The zero-order valence-corrected chi connectivity index (χ0v) is 14.7. The van der Waals surface area contributed by atoms with Crippen molar-refractivity contribution in [2.75, 3.05) is 6.61 Å². The van der Waals surface area contributed by atoms with Gasteiger partial charge in [0.05, 0.1) is 6.61 Å². The minimum Gasteiger partial charge on any atom is -0.465 e. The van der Waals surface area contributed by atoms with E-state index in [9.17, 15) is 9.59 Å². The van der Waals surface area contributed by atoms with Crippen LogP contribution in [0.2, 0.25) is 0 Å². The molecule has 0 radical (unpaired) electrons. The van der Waals surface area contributed by atoms with E-state index in [4.69, 9.17) is 10.5 Å². The number of esters is 1. The molecule has 0 fully saturated rings. The molecule has 2 atom stereocenters. The molecule has 0 bridgehead atoms. The normalized spacial score (nSPS) is 13.6. The minimum atomic E-state index is -0.319. The predicted molar refractivity (Wildman–Crippen MR) is 90.3 cm³/mol. The Bertz CT molecular complexity index is 305. The van der Waals surface area contributed by atoms with Crippen LogP contribution in [0.3, 0.4) is 0 Å². The van der Waals surface area contributed by atoms with Gasteiger partial charge in [0.2, 0.25) is 5.91 Å². The summed E-state index contributed by atoms with van der Waals surface area (Å²) >= 11 is 0. The summed E-state index contributed by atoms with van der Waals surface area (Å²) in [6.45, 7) is 6.78. The summed E-state index contributed by atoms with van der Waals surface area (Å²) in [6.07, 6.45) is 9.66. The van der Waals surface area contributed by atoms with Crippen LogP contribution in [0.1, 0.15) is 85.0 Å². The number of primary amides is 1. The number of hydrogen-bond acceptors (Lipinski definition) is 3. The summed E-state index contributed by atoms with van der Waals surface area (Å²) in [5, 5.41) is 0. The molecule has 2 N–H and O–H groups in total. The predicted octanol–water partition coefficient (Wildman–Crippen LogP) is 4.21. The second-order valence-electron chi connectivity index (χ2n) is 6.49. The number of rotatable bonds is 14. The summed E-state index contributed by atoms with van der Waals surface area (Å²) in [7, 11) is 0. The fraction of sp³-hybridized carbons (Fsp3) is 0.889. The average molecular weight is 313 g/mol. The molecule has 0 heterocycles. The van der Waals surface area contributed by atoms with Gasteiger partial charge < -0.3 is 10.5 Å². The van der Waals surface area contributed by atoms with E-state index in [1.54, 1.807) is 0 Å². The van der Waals surface area contributed by atoms with Crippen LogP contribution in [0.4, 0.5) is 0 Å². The van der Waals surface area contributed by atoms with E-state index in [0.29, 0.717) is 25.4 Å². The minimum absolute atomic E-state index is 0.0564. The van der Waals surface area contributed by atoms with Crippen molar-refractivity contribution in [3.63, 3.8) is 0 Å². The summed E-state index contributed by atoms with van der Waals surface area (Å²) < 4.78 is 5.33. The fourth-order valence-electron chi connectivity index (χ4n) is 2.56. The van der Waals surface area contributed by atoms with Crippen molar-refractivity contribution in [3.05, 3.63) is 0 Å². The van der Waals surface area contributed by atoms with E-state index < -0.39 is 0 Å².